The second-order valence-corrected chi connectivity index (χ2v) is 5.96. The summed E-state index contributed by atoms with van der Waals surface area (Å²) in [5.74, 6) is -0.992. The summed E-state index contributed by atoms with van der Waals surface area (Å²) in [6.45, 7) is 4.30. The molecule has 2 aromatic rings. The first-order valence-corrected chi connectivity index (χ1v) is 7.39. The molecule has 1 aromatic carbocycles. The molecule has 1 aliphatic heterocycles. The number of ether oxygens (including phenoxy) is 2. The van der Waals surface area contributed by atoms with Crippen LogP contribution in [0.15, 0.2) is 30.9 Å². The van der Waals surface area contributed by atoms with Crippen LogP contribution in [-0.4, -0.2) is 27.0 Å². The highest BCUT2D eigenvalue weighted by molar-refractivity contribution is 6.35. The van der Waals surface area contributed by atoms with Crippen LogP contribution < -0.4 is 0 Å². The maximum atomic E-state index is 6.34. The van der Waals surface area contributed by atoms with Gasteiger partial charge < -0.3 is 9.47 Å². The Morgan fingerprint density at radius 3 is 2.52 bits per heavy atom. The zero-order valence-electron chi connectivity index (χ0n) is 11.7. The molecule has 7 heteroatoms. The number of aromatic nitrogens is 3. The predicted molar refractivity (Wildman–Crippen MR) is 79.3 cm³/mol. The zero-order valence-corrected chi connectivity index (χ0v) is 13.2. The van der Waals surface area contributed by atoms with Gasteiger partial charge in [0.2, 0.25) is 5.79 Å². The lowest BCUT2D eigenvalue weighted by Crippen LogP contribution is -2.34. The van der Waals surface area contributed by atoms with Crippen LogP contribution in [0.4, 0.5) is 0 Å². The lowest BCUT2D eigenvalue weighted by Gasteiger charge is -2.29. The van der Waals surface area contributed by atoms with E-state index >= 15 is 0 Å². The average Bonchev–Trinajstić information content (AvgIpc) is 2.99. The Morgan fingerprint density at radius 2 is 1.95 bits per heavy atom. The summed E-state index contributed by atoms with van der Waals surface area (Å²) >= 11 is 12.3. The van der Waals surface area contributed by atoms with E-state index in [0.29, 0.717) is 16.6 Å². The normalized spacial score (nSPS) is 29.0. The fourth-order valence-electron chi connectivity index (χ4n) is 2.43. The van der Waals surface area contributed by atoms with Crippen molar-refractivity contribution in [2.45, 2.75) is 38.4 Å². The third kappa shape index (κ3) is 2.79. The van der Waals surface area contributed by atoms with Crippen molar-refractivity contribution in [3.63, 3.8) is 0 Å². The van der Waals surface area contributed by atoms with Crippen molar-refractivity contribution in [3.05, 3.63) is 46.5 Å². The maximum Gasteiger partial charge on any atom is 0.217 e. The van der Waals surface area contributed by atoms with Gasteiger partial charge in [-0.15, -0.1) is 0 Å². The van der Waals surface area contributed by atoms with Crippen LogP contribution in [0, 0.1) is 0 Å². The average molecular weight is 328 g/mol. The van der Waals surface area contributed by atoms with Crippen LogP contribution in [-0.2, 0) is 21.8 Å². The van der Waals surface area contributed by atoms with E-state index in [4.69, 9.17) is 32.7 Å². The monoisotopic (exact) mass is 327 g/mol. The molecule has 5 nitrogen and oxygen atoms in total. The predicted octanol–water partition coefficient (Wildman–Crippen LogP) is 3.26. The van der Waals surface area contributed by atoms with Gasteiger partial charge in [0, 0.05) is 10.6 Å². The third-order valence-electron chi connectivity index (χ3n) is 3.59. The molecule has 112 valence electrons. The molecule has 0 bridgehead atoms. The van der Waals surface area contributed by atoms with Crippen molar-refractivity contribution in [1.29, 1.82) is 0 Å². The standard InChI is InChI=1S/C14H15Cl2N3O2/c1-9-10(2)21-14(20-9,6-19-8-17-7-18-19)12-4-3-11(15)5-13(12)16/h3-5,7-10H,6H2,1-2H3. The molecule has 2 heterocycles. The van der Waals surface area contributed by atoms with Crippen molar-refractivity contribution < 1.29 is 9.47 Å². The highest BCUT2D eigenvalue weighted by atomic mass is 35.5. The summed E-state index contributed by atoms with van der Waals surface area (Å²) in [4.78, 5) is 3.95. The van der Waals surface area contributed by atoms with Gasteiger partial charge in [-0.3, -0.25) is 0 Å². The summed E-state index contributed by atoms with van der Waals surface area (Å²) in [5.41, 5.74) is 0.736. The molecule has 0 amide bonds. The molecule has 0 saturated carbocycles. The summed E-state index contributed by atoms with van der Waals surface area (Å²) in [7, 11) is 0. The van der Waals surface area contributed by atoms with Crippen molar-refractivity contribution in [3.8, 4) is 0 Å². The highest BCUT2D eigenvalue weighted by Gasteiger charge is 2.47. The Kier molecular flexibility index (Phi) is 3.92. The van der Waals surface area contributed by atoms with Crippen molar-refractivity contribution in [2.75, 3.05) is 0 Å². The molecule has 0 spiro atoms. The molecule has 1 aromatic heterocycles. The Balaban J connectivity index is 2.04. The summed E-state index contributed by atoms with van der Waals surface area (Å²) < 4.78 is 13.9. The van der Waals surface area contributed by atoms with Crippen LogP contribution >= 0.6 is 23.2 Å². The molecule has 3 rings (SSSR count). The number of hydrogen-bond acceptors (Lipinski definition) is 4. The number of hydrogen-bond donors (Lipinski definition) is 0. The first kappa shape index (κ1) is 14.8. The minimum atomic E-state index is -0.992. The van der Waals surface area contributed by atoms with Gasteiger partial charge in [-0.2, -0.15) is 5.10 Å². The molecule has 0 N–H and O–H groups in total. The number of halogens is 2. The van der Waals surface area contributed by atoms with E-state index in [-0.39, 0.29) is 12.2 Å². The quantitative estimate of drug-likeness (QED) is 0.868. The first-order valence-electron chi connectivity index (χ1n) is 6.64. The Bertz CT molecular complexity index is 623. The van der Waals surface area contributed by atoms with Gasteiger partial charge in [-0.05, 0) is 26.0 Å². The second-order valence-electron chi connectivity index (χ2n) is 5.12. The lowest BCUT2D eigenvalue weighted by molar-refractivity contribution is -0.193. The van der Waals surface area contributed by atoms with Gasteiger partial charge in [-0.25, -0.2) is 9.67 Å². The van der Waals surface area contributed by atoms with Gasteiger partial charge in [0.05, 0.1) is 17.2 Å². The molecular formula is C14H15Cl2N3O2. The van der Waals surface area contributed by atoms with E-state index < -0.39 is 5.79 Å². The second kappa shape index (κ2) is 5.57. The van der Waals surface area contributed by atoms with Gasteiger partial charge in [0.1, 0.15) is 19.2 Å². The van der Waals surface area contributed by atoms with E-state index in [1.807, 2.05) is 19.9 Å². The van der Waals surface area contributed by atoms with Gasteiger partial charge in [0.15, 0.2) is 0 Å². The SMILES string of the molecule is CC1OC(Cn2cncn2)(c2ccc(Cl)cc2Cl)OC1C. The Labute approximate surface area is 132 Å². The van der Waals surface area contributed by atoms with E-state index in [1.54, 1.807) is 23.1 Å². The third-order valence-corrected chi connectivity index (χ3v) is 4.14. The highest BCUT2D eigenvalue weighted by Crippen LogP contribution is 2.42. The van der Waals surface area contributed by atoms with E-state index in [1.165, 1.54) is 6.33 Å². The van der Waals surface area contributed by atoms with Crippen LogP contribution in [0.25, 0.3) is 0 Å². The van der Waals surface area contributed by atoms with Crippen LogP contribution in [0.5, 0.6) is 0 Å². The largest absolute Gasteiger partial charge is 0.339 e. The van der Waals surface area contributed by atoms with Crippen molar-refractivity contribution in [1.82, 2.24) is 14.8 Å². The van der Waals surface area contributed by atoms with Crippen molar-refractivity contribution in [2.24, 2.45) is 0 Å². The molecular weight excluding hydrogens is 313 g/mol. The molecule has 2 unspecified atom stereocenters. The van der Waals surface area contributed by atoms with E-state index in [0.717, 1.165) is 5.56 Å². The maximum absolute atomic E-state index is 6.34. The summed E-state index contributed by atoms with van der Waals surface area (Å²) in [5, 5.41) is 5.20. The molecule has 0 aliphatic carbocycles. The molecule has 1 fully saturated rings. The van der Waals surface area contributed by atoms with E-state index in [9.17, 15) is 0 Å². The van der Waals surface area contributed by atoms with E-state index in [2.05, 4.69) is 10.1 Å². The molecule has 1 aliphatic rings. The summed E-state index contributed by atoms with van der Waals surface area (Å²) in [6, 6.07) is 5.28. The first-order chi connectivity index (χ1) is 10.00. The Hall–Kier alpha value is -1.14. The Morgan fingerprint density at radius 1 is 1.24 bits per heavy atom. The number of rotatable bonds is 3. The lowest BCUT2D eigenvalue weighted by atomic mass is 10.1. The number of benzene rings is 1. The fraction of sp³-hybridized carbons (Fsp3) is 0.429. The summed E-state index contributed by atoms with van der Waals surface area (Å²) in [6.07, 6.45) is 2.98. The van der Waals surface area contributed by atoms with Crippen LogP contribution in [0.2, 0.25) is 10.0 Å². The van der Waals surface area contributed by atoms with Crippen LogP contribution in [0.3, 0.4) is 0 Å². The molecule has 0 radical (unpaired) electrons. The zero-order chi connectivity index (χ0) is 15.0. The minimum absolute atomic E-state index is 0.0553. The van der Waals surface area contributed by atoms with Crippen LogP contribution in [0.1, 0.15) is 19.4 Å². The van der Waals surface area contributed by atoms with Crippen molar-refractivity contribution >= 4 is 23.2 Å². The molecule has 21 heavy (non-hydrogen) atoms. The van der Waals surface area contributed by atoms with Gasteiger partial charge >= 0.3 is 0 Å². The molecule has 1 saturated heterocycles. The topological polar surface area (TPSA) is 49.2 Å². The van der Waals surface area contributed by atoms with Gasteiger partial charge in [0.25, 0.3) is 0 Å². The number of nitrogens with zero attached hydrogens (tertiary/aromatic N) is 3. The smallest absolute Gasteiger partial charge is 0.217 e. The minimum Gasteiger partial charge on any atom is -0.339 e. The fourth-order valence-corrected chi connectivity index (χ4v) is 2.99. The molecule has 2 atom stereocenters. The van der Waals surface area contributed by atoms with Gasteiger partial charge in [-0.1, -0.05) is 29.3 Å².